The number of hydrogen-bond donors (Lipinski definition) is 1. The van der Waals surface area contributed by atoms with Gasteiger partial charge in [0.1, 0.15) is 0 Å². The third-order valence-corrected chi connectivity index (χ3v) is 3.37. The number of aromatic nitrogens is 2. The molecule has 1 aromatic heterocycles. The maximum absolute atomic E-state index is 5.95. The van der Waals surface area contributed by atoms with E-state index in [0.717, 1.165) is 5.56 Å². The minimum Gasteiger partial charge on any atom is -0.338 e. The van der Waals surface area contributed by atoms with Crippen LogP contribution in [0.2, 0.25) is 10.0 Å². The fourth-order valence-corrected chi connectivity index (χ4v) is 1.79. The standard InChI is InChI=1S/C12H13Cl2N3O/c1-7(15-2)12-16-11(17-18-12)6-8-3-4-9(13)10(14)5-8/h3-5,7,15H,6H2,1-2H3. The number of hydrogen-bond acceptors (Lipinski definition) is 4. The van der Waals surface area contributed by atoms with Crippen molar-refractivity contribution in [3.63, 3.8) is 0 Å². The minimum atomic E-state index is 0.0417. The topological polar surface area (TPSA) is 51.0 Å². The van der Waals surface area contributed by atoms with Crippen molar-refractivity contribution in [3.8, 4) is 0 Å². The maximum Gasteiger partial charge on any atom is 0.243 e. The molecule has 96 valence electrons. The summed E-state index contributed by atoms with van der Waals surface area (Å²) in [6, 6.07) is 5.50. The molecule has 1 unspecified atom stereocenters. The lowest BCUT2D eigenvalue weighted by molar-refractivity contribution is 0.344. The van der Waals surface area contributed by atoms with E-state index in [1.165, 1.54) is 0 Å². The van der Waals surface area contributed by atoms with Crippen LogP contribution in [-0.2, 0) is 6.42 Å². The Morgan fingerprint density at radius 3 is 2.78 bits per heavy atom. The van der Waals surface area contributed by atoms with Crippen molar-refractivity contribution in [1.29, 1.82) is 0 Å². The number of benzene rings is 1. The van der Waals surface area contributed by atoms with Crippen molar-refractivity contribution in [2.45, 2.75) is 19.4 Å². The van der Waals surface area contributed by atoms with E-state index in [1.807, 2.05) is 20.0 Å². The largest absolute Gasteiger partial charge is 0.338 e. The maximum atomic E-state index is 5.95. The zero-order chi connectivity index (χ0) is 13.1. The van der Waals surface area contributed by atoms with E-state index in [2.05, 4.69) is 15.5 Å². The Bertz CT molecular complexity index is 542. The van der Waals surface area contributed by atoms with Gasteiger partial charge in [0.25, 0.3) is 0 Å². The van der Waals surface area contributed by atoms with Crippen LogP contribution in [0, 0.1) is 0 Å². The lowest BCUT2D eigenvalue weighted by Gasteiger charge is -2.01. The Labute approximate surface area is 115 Å². The van der Waals surface area contributed by atoms with Gasteiger partial charge in [0.05, 0.1) is 16.1 Å². The lowest BCUT2D eigenvalue weighted by Crippen LogP contribution is -2.12. The van der Waals surface area contributed by atoms with Crippen molar-refractivity contribution in [2.24, 2.45) is 0 Å². The molecule has 0 aliphatic heterocycles. The Kier molecular flexibility index (Phi) is 4.22. The van der Waals surface area contributed by atoms with Gasteiger partial charge >= 0.3 is 0 Å². The SMILES string of the molecule is CNC(C)c1nc(Cc2ccc(Cl)c(Cl)c2)no1. The fourth-order valence-electron chi connectivity index (χ4n) is 1.47. The van der Waals surface area contributed by atoms with E-state index in [-0.39, 0.29) is 6.04 Å². The molecule has 0 saturated carbocycles. The molecule has 0 aliphatic carbocycles. The number of nitrogens with zero attached hydrogens (tertiary/aromatic N) is 2. The molecule has 1 aromatic carbocycles. The van der Waals surface area contributed by atoms with Gasteiger partial charge in [0, 0.05) is 6.42 Å². The van der Waals surface area contributed by atoms with Crippen molar-refractivity contribution < 1.29 is 4.52 Å². The Morgan fingerprint density at radius 1 is 1.33 bits per heavy atom. The smallest absolute Gasteiger partial charge is 0.243 e. The first kappa shape index (κ1) is 13.3. The quantitative estimate of drug-likeness (QED) is 0.937. The molecule has 2 rings (SSSR count). The van der Waals surface area contributed by atoms with E-state index in [1.54, 1.807) is 12.1 Å². The van der Waals surface area contributed by atoms with Crippen LogP contribution in [0.1, 0.15) is 30.2 Å². The molecule has 0 spiro atoms. The second kappa shape index (κ2) is 5.69. The average Bonchev–Trinajstić information content (AvgIpc) is 2.81. The summed E-state index contributed by atoms with van der Waals surface area (Å²) in [7, 11) is 1.84. The third kappa shape index (κ3) is 3.02. The normalized spacial score (nSPS) is 12.7. The third-order valence-electron chi connectivity index (χ3n) is 2.63. The number of halogens is 2. The zero-order valence-electron chi connectivity index (χ0n) is 10.1. The summed E-state index contributed by atoms with van der Waals surface area (Å²) < 4.78 is 5.16. The second-order valence-electron chi connectivity index (χ2n) is 3.98. The van der Waals surface area contributed by atoms with Gasteiger partial charge in [-0.2, -0.15) is 4.98 Å². The van der Waals surface area contributed by atoms with Crippen LogP contribution in [0.4, 0.5) is 0 Å². The lowest BCUT2D eigenvalue weighted by atomic mass is 10.1. The summed E-state index contributed by atoms with van der Waals surface area (Å²) in [6.07, 6.45) is 0.566. The van der Waals surface area contributed by atoms with Crippen molar-refractivity contribution in [1.82, 2.24) is 15.5 Å². The van der Waals surface area contributed by atoms with Crippen LogP contribution in [0.5, 0.6) is 0 Å². The van der Waals surface area contributed by atoms with E-state index in [9.17, 15) is 0 Å². The molecule has 4 nitrogen and oxygen atoms in total. The molecular formula is C12H13Cl2N3O. The first-order valence-corrected chi connectivity index (χ1v) is 6.29. The number of nitrogens with one attached hydrogen (secondary N) is 1. The van der Waals surface area contributed by atoms with Gasteiger partial charge in [0.15, 0.2) is 5.82 Å². The van der Waals surface area contributed by atoms with Gasteiger partial charge in [0.2, 0.25) is 5.89 Å². The van der Waals surface area contributed by atoms with Gasteiger partial charge in [-0.3, -0.25) is 0 Å². The Hall–Kier alpha value is -1.10. The molecule has 0 radical (unpaired) electrons. The Balaban J connectivity index is 2.13. The van der Waals surface area contributed by atoms with E-state index in [4.69, 9.17) is 27.7 Å². The molecule has 2 aromatic rings. The molecule has 1 heterocycles. The summed E-state index contributed by atoms with van der Waals surface area (Å²) >= 11 is 11.8. The summed E-state index contributed by atoms with van der Waals surface area (Å²) in [4.78, 5) is 4.31. The van der Waals surface area contributed by atoms with Crippen molar-refractivity contribution in [2.75, 3.05) is 7.05 Å². The molecule has 0 amide bonds. The van der Waals surface area contributed by atoms with Gasteiger partial charge < -0.3 is 9.84 Å². The molecule has 1 N–H and O–H groups in total. The van der Waals surface area contributed by atoms with Crippen molar-refractivity contribution >= 4 is 23.2 Å². The van der Waals surface area contributed by atoms with Gasteiger partial charge in [-0.05, 0) is 31.7 Å². The van der Waals surface area contributed by atoms with Gasteiger partial charge in [-0.25, -0.2) is 0 Å². The van der Waals surface area contributed by atoms with Crippen LogP contribution >= 0.6 is 23.2 Å². The highest BCUT2D eigenvalue weighted by Gasteiger charge is 2.12. The molecule has 1 atom stereocenters. The van der Waals surface area contributed by atoms with Crippen LogP contribution in [0.15, 0.2) is 22.7 Å². The fraction of sp³-hybridized carbons (Fsp3) is 0.333. The van der Waals surface area contributed by atoms with E-state index < -0.39 is 0 Å². The first-order chi connectivity index (χ1) is 8.60. The summed E-state index contributed by atoms with van der Waals surface area (Å²) in [5.74, 6) is 1.21. The molecule has 0 bridgehead atoms. The van der Waals surface area contributed by atoms with Crippen molar-refractivity contribution in [3.05, 3.63) is 45.5 Å². The molecular weight excluding hydrogens is 273 g/mol. The van der Waals surface area contributed by atoms with Crippen LogP contribution in [0.25, 0.3) is 0 Å². The van der Waals surface area contributed by atoms with Gasteiger partial charge in [-0.15, -0.1) is 0 Å². The monoisotopic (exact) mass is 285 g/mol. The summed E-state index contributed by atoms with van der Waals surface area (Å²) in [5, 5.41) is 8.04. The molecule has 6 heteroatoms. The highest BCUT2D eigenvalue weighted by Crippen LogP contribution is 2.23. The van der Waals surface area contributed by atoms with Crippen LogP contribution < -0.4 is 5.32 Å². The highest BCUT2D eigenvalue weighted by molar-refractivity contribution is 6.42. The molecule has 0 aliphatic rings. The zero-order valence-corrected chi connectivity index (χ0v) is 11.6. The molecule has 18 heavy (non-hydrogen) atoms. The number of rotatable bonds is 4. The highest BCUT2D eigenvalue weighted by atomic mass is 35.5. The predicted octanol–water partition coefficient (Wildman–Crippen LogP) is 3.25. The first-order valence-electron chi connectivity index (χ1n) is 5.54. The average molecular weight is 286 g/mol. The summed E-state index contributed by atoms with van der Waals surface area (Å²) in [5.41, 5.74) is 0.994. The second-order valence-corrected chi connectivity index (χ2v) is 4.80. The van der Waals surface area contributed by atoms with Gasteiger partial charge in [-0.1, -0.05) is 34.4 Å². The van der Waals surface area contributed by atoms with E-state index >= 15 is 0 Å². The summed E-state index contributed by atoms with van der Waals surface area (Å²) in [6.45, 7) is 1.95. The minimum absolute atomic E-state index is 0.0417. The predicted molar refractivity (Wildman–Crippen MR) is 71.0 cm³/mol. The Morgan fingerprint density at radius 2 is 2.11 bits per heavy atom. The van der Waals surface area contributed by atoms with Crippen LogP contribution in [0.3, 0.4) is 0 Å². The van der Waals surface area contributed by atoms with Crippen LogP contribution in [-0.4, -0.2) is 17.2 Å². The molecule has 0 fully saturated rings. The van der Waals surface area contributed by atoms with E-state index in [0.29, 0.717) is 28.2 Å². The molecule has 0 saturated heterocycles.